The monoisotopic (exact) mass is 539 g/mol. The summed E-state index contributed by atoms with van der Waals surface area (Å²) >= 11 is 0.936. The van der Waals surface area contributed by atoms with Gasteiger partial charge in [0.15, 0.2) is 23.1 Å². The zero-order valence-corrected chi connectivity index (χ0v) is 22.1. The zero-order chi connectivity index (χ0) is 28.1. The molecule has 0 spiro atoms. The molecular formula is C27H22B3F2N3O3S. The van der Waals surface area contributed by atoms with E-state index in [1.807, 2.05) is 0 Å². The van der Waals surface area contributed by atoms with Gasteiger partial charge in [-0.1, -0.05) is 38.1 Å². The summed E-state index contributed by atoms with van der Waals surface area (Å²) in [6.07, 6.45) is 1.79. The van der Waals surface area contributed by atoms with Crippen LogP contribution in [-0.2, 0) is 9.98 Å². The Kier molecular flexibility index (Phi) is 5.64. The second-order valence-corrected chi connectivity index (χ2v) is 12.4. The standard InChI is InChI=1S/C27H22B3F2N3O3S/c1-25(2)10-12-33-19(13-25)35(34-11-9-17(36)23(37)22(34)24(33)38)26(28)14-5-3-4-6-18(14)39-27(29,30)20-15(26)7-8-16(31)21(20)32/h3-9,11,19,37H,10,12-13H2,1-2H3/t19-,26+/m1/s1. The first kappa shape index (κ1) is 26.1. The van der Waals surface area contributed by atoms with Crippen LogP contribution >= 0.6 is 11.8 Å². The largest absolute Gasteiger partial charge is 0.502 e. The summed E-state index contributed by atoms with van der Waals surface area (Å²) in [5.41, 5.74) is -2.78. The predicted octanol–water partition coefficient (Wildman–Crippen LogP) is 2.99. The van der Waals surface area contributed by atoms with Gasteiger partial charge in [-0.05, 0) is 51.6 Å². The third kappa shape index (κ3) is 3.63. The molecule has 0 aliphatic carbocycles. The third-order valence-corrected chi connectivity index (χ3v) is 9.11. The molecule has 12 heteroatoms. The van der Waals surface area contributed by atoms with Gasteiger partial charge in [0, 0.05) is 23.7 Å². The number of aromatic hydroxyl groups is 1. The highest BCUT2D eigenvalue weighted by Crippen LogP contribution is 2.53. The van der Waals surface area contributed by atoms with Crippen molar-refractivity contribution < 1.29 is 18.7 Å². The molecule has 39 heavy (non-hydrogen) atoms. The van der Waals surface area contributed by atoms with E-state index in [1.165, 1.54) is 16.9 Å². The molecule has 6 nitrogen and oxygen atoms in total. The molecular weight excluding hydrogens is 517 g/mol. The van der Waals surface area contributed by atoms with E-state index < -0.39 is 44.9 Å². The molecule has 2 aromatic carbocycles. The first-order valence-electron chi connectivity index (χ1n) is 12.5. The van der Waals surface area contributed by atoms with E-state index in [1.54, 1.807) is 34.2 Å². The van der Waals surface area contributed by atoms with Crippen molar-refractivity contribution in [3.63, 3.8) is 0 Å². The molecule has 0 bridgehead atoms. The van der Waals surface area contributed by atoms with E-state index >= 15 is 4.39 Å². The highest BCUT2D eigenvalue weighted by molar-refractivity contribution is 8.02. The lowest BCUT2D eigenvalue weighted by atomic mass is 9.58. The van der Waals surface area contributed by atoms with Crippen LogP contribution in [0.5, 0.6) is 5.75 Å². The molecule has 2 atom stereocenters. The second-order valence-electron chi connectivity index (χ2n) is 11.1. The van der Waals surface area contributed by atoms with E-state index in [4.69, 9.17) is 23.5 Å². The molecule has 4 heterocycles. The number of thioether (sulfide) groups is 1. The molecule has 1 saturated heterocycles. The van der Waals surface area contributed by atoms with Crippen LogP contribution in [0, 0.1) is 17.0 Å². The van der Waals surface area contributed by atoms with Crippen LogP contribution in [0.3, 0.4) is 0 Å². The van der Waals surface area contributed by atoms with Gasteiger partial charge in [-0.15, -0.1) is 11.8 Å². The minimum atomic E-state index is -1.91. The van der Waals surface area contributed by atoms with Gasteiger partial charge in [-0.2, -0.15) is 0 Å². The molecule has 1 amide bonds. The van der Waals surface area contributed by atoms with Gasteiger partial charge in [0.05, 0.1) is 21.1 Å². The Morgan fingerprint density at radius 3 is 2.49 bits per heavy atom. The van der Waals surface area contributed by atoms with E-state index in [9.17, 15) is 19.1 Å². The SMILES string of the molecule is [B]C1([B])Sc2ccccc2[C@]([B])(N2[C@@H]3CC(C)(C)CCN3C(=O)c3c(O)c(=O)ccn32)c2ccc(F)c(F)c21. The maximum Gasteiger partial charge on any atom is 0.278 e. The predicted molar refractivity (Wildman–Crippen MR) is 147 cm³/mol. The lowest BCUT2D eigenvalue weighted by molar-refractivity contribution is 0.0224. The summed E-state index contributed by atoms with van der Waals surface area (Å²) in [6.45, 7) is 4.46. The van der Waals surface area contributed by atoms with Crippen molar-refractivity contribution in [1.82, 2.24) is 9.58 Å². The third-order valence-electron chi connectivity index (χ3n) is 7.99. The number of fused-ring (bicyclic) bond motifs is 4. The molecule has 6 radical (unpaired) electrons. The number of amides is 1. The maximum atomic E-state index is 15.6. The summed E-state index contributed by atoms with van der Waals surface area (Å²) in [5, 5.41) is 12.5. The first-order valence-corrected chi connectivity index (χ1v) is 13.3. The smallest absolute Gasteiger partial charge is 0.278 e. The number of hydrogen-bond donors (Lipinski definition) is 1. The van der Waals surface area contributed by atoms with Crippen molar-refractivity contribution in [2.45, 2.75) is 47.7 Å². The van der Waals surface area contributed by atoms with Crippen LogP contribution in [0.4, 0.5) is 8.78 Å². The number of pyridine rings is 1. The van der Waals surface area contributed by atoms with Crippen LogP contribution in [0.1, 0.15) is 53.9 Å². The maximum absolute atomic E-state index is 15.6. The number of aromatic nitrogens is 1. The topological polar surface area (TPSA) is 65.8 Å². The number of piperidine rings is 1. The van der Waals surface area contributed by atoms with E-state index in [2.05, 4.69) is 13.8 Å². The van der Waals surface area contributed by atoms with Crippen LogP contribution in [0.2, 0.25) is 0 Å². The van der Waals surface area contributed by atoms with E-state index in [0.717, 1.165) is 23.9 Å². The highest BCUT2D eigenvalue weighted by atomic mass is 32.2. The molecule has 6 rings (SSSR count). The summed E-state index contributed by atoms with van der Waals surface area (Å²) in [5.74, 6) is -3.63. The Bertz CT molecular complexity index is 1610. The lowest BCUT2D eigenvalue weighted by Crippen LogP contribution is -2.71. The molecule has 3 aliphatic rings. The van der Waals surface area contributed by atoms with Crippen molar-refractivity contribution in [3.8, 4) is 5.75 Å². The number of halogens is 2. The lowest BCUT2D eigenvalue weighted by Gasteiger charge is -2.58. The van der Waals surface area contributed by atoms with Crippen LogP contribution < -0.4 is 10.4 Å². The fraction of sp³-hybridized carbons (Fsp3) is 0.333. The molecule has 192 valence electrons. The second kappa shape index (κ2) is 8.43. The highest BCUT2D eigenvalue weighted by Gasteiger charge is 2.54. The average molecular weight is 539 g/mol. The normalized spacial score (nSPS) is 24.7. The summed E-state index contributed by atoms with van der Waals surface area (Å²) in [4.78, 5) is 28.3. The first-order chi connectivity index (χ1) is 18.3. The summed E-state index contributed by atoms with van der Waals surface area (Å²) in [7, 11) is 20.4. The quantitative estimate of drug-likeness (QED) is 0.483. The zero-order valence-electron chi connectivity index (χ0n) is 21.3. The van der Waals surface area contributed by atoms with Gasteiger partial charge in [0.25, 0.3) is 5.91 Å². The van der Waals surface area contributed by atoms with E-state index in [0.29, 0.717) is 29.8 Å². The number of benzene rings is 2. The van der Waals surface area contributed by atoms with Crippen molar-refractivity contribution in [3.05, 3.63) is 92.9 Å². The van der Waals surface area contributed by atoms with Crippen LogP contribution in [0.15, 0.2) is 58.4 Å². The molecule has 3 aromatic rings. The number of carbonyl (C=O) groups excluding carboxylic acids is 1. The number of rotatable bonds is 1. The summed E-state index contributed by atoms with van der Waals surface area (Å²) in [6, 6.07) is 10.4. The van der Waals surface area contributed by atoms with Crippen molar-refractivity contribution in [2.75, 3.05) is 11.6 Å². The Balaban J connectivity index is 1.76. The van der Waals surface area contributed by atoms with Crippen molar-refractivity contribution in [1.29, 1.82) is 0 Å². The van der Waals surface area contributed by atoms with Gasteiger partial charge >= 0.3 is 0 Å². The minimum Gasteiger partial charge on any atom is -0.502 e. The fourth-order valence-corrected chi connectivity index (χ4v) is 7.21. The molecule has 0 unspecified atom stereocenters. The van der Waals surface area contributed by atoms with Crippen LogP contribution in [-0.4, -0.2) is 56.8 Å². The number of carbonyl (C=O) groups is 1. The summed E-state index contributed by atoms with van der Waals surface area (Å²) < 4.78 is 29.8. The molecule has 3 aliphatic heterocycles. The molecule has 1 fully saturated rings. The fourth-order valence-electron chi connectivity index (χ4n) is 6.06. The van der Waals surface area contributed by atoms with Gasteiger partial charge in [-0.25, -0.2) is 8.78 Å². The molecule has 1 N–H and O–H groups in total. The average Bonchev–Trinajstić information content (AvgIpc) is 2.93. The van der Waals surface area contributed by atoms with Gasteiger partial charge in [0.2, 0.25) is 5.43 Å². The Morgan fingerprint density at radius 1 is 1.03 bits per heavy atom. The van der Waals surface area contributed by atoms with Crippen LogP contribution in [0.25, 0.3) is 0 Å². The Hall–Kier alpha value is -3.14. The van der Waals surface area contributed by atoms with Gasteiger partial charge in [-0.3, -0.25) is 19.3 Å². The van der Waals surface area contributed by atoms with Crippen molar-refractivity contribution in [2.24, 2.45) is 5.41 Å². The Morgan fingerprint density at radius 2 is 1.74 bits per heavy atom. The van der Waals surface area contributed by atoms with Crippen molar-refractivity contribution >= 4 is 41.2 Å². The number of hydrogen-bond acceptors (Lipinski definition) is 5. The minimum absolute atomic E-state index is 0.0886. The van der Waals surface area contributed by atoms with Gasteiger partial charge in [0.1, 0.15) is 14.0 Å². The van der Waals surface area contributed by atoms with Gasteiger partial charge < -0.3 is 10.0 Å². The van der Waals surface area contributed by atoms with E-state index in [-0.39, 0.29) is 22.2 Å². The molecule has 1 aromatic heterocycles. The number of nitrogens with zero attached hydrogens (tertiary/aromatic N) is 3. The Labute approximate surface area is 232 Å². The molecule has 0 saturated carbocycles.